The maximum Gasteiger partial charge on any atom is 0.227 e. The molecule has 0 bridgehead atoms. The van der Waals surface area contributed by atoms with E-state index < -0.39 is 0 Å². The van der Waals surface area contributed by atoms with E-state index in [2.05, 4.69) is 35.2 Å². The molecule has 2 aromatic heterocycles. The third-order valence-electron chi connectivity index (χ3n) is 2.57. The van der Waals surface area contributed by atoms with E-state index in [4.69, 9.17) is 4.74 Å². The topological polar surface area (TPSA) is 47.0 Å². The highest BCUT2D eigenvalue weighted by molar-refractivity contribution is 7.18. The van der Waals surface area contributed by atoms with E-state index in [1.165, 1.54) is 4.88 Å². The van der Waals surface area contributed by atoms with Gasteiger partial charge in [-0.25, -0.2) is 4.98 Å². The highest BCUT2D eigenvalue weighted by Gasteiger charge is 2.11. The summed E-state index contributed by atoms with van der Waals surface area (Å²) in [5.41, 5.74) is 0. The fourth-order valence-electron chi connectivity index (χ4n) is 1.66. The zero-order valence-corrected chi connectivity index (χ0v) is 12.4. The molecule has 4 nitrogen and oxygen atoms in total. The monoisotopic (exact) mass is 277 g/mol. The van der Waals surface area contributed by atoms with Gasteiger partial charge in [-0.1, -0.05) is 19.1 Å². The quantitative estimate of drug-likeness (QED) is 0.816. The molecule has 0 aliphatic rings. The van der Waals surface area contributed by atoms with Crippen LogP contribution in [0.25, 0.3) is 10.2 Å². The van der Waals surface area contributed by atoms with E-state index in [0.717, 1.165) is 23.2 Å². The van der Waals surface area contributed by atoms with Crippen molar-refractivity contribution in [2.75, 3.05) is 18.5 Å². The lowest BCUT2D eigenvalue weighted by Crippen LogP contribution is -2.06. The first-order valence-corrected chi connectivity index (χ1v) is 7.32. The predicted molar refractivity (Wildman–Crippen MR) is 81.2 cm³/mol. The number of ether oxygens (including phenoxy) is 1. The highest BCUT2D eigenvalue weighted by atomic mass is 32.1. The van der Waals surface area contributed by atoms with Crippen LogP contribution in [-0.2, 0) is 0 Å². The number of nitrogens with one attached hydrogen (secondary N) is 1. The molecular weight excluding hydrogens is 258 g/mol. The zero-order valence-electron chi connectivity index (χ0n) is 11.6. The number of rotatable bonds is 6. The minimum absolute atomic E-state index is 0.532. The van der Waals surface area contributed by atoms with Crippen LogP contribution in [0.2, 0.25) is 0 Å². The number of aryl methyl sites for hydroxylation is 1. The number of thiophene rings is 1. The van der Waals surface area contributed by atoms with E-state index in [9.17, 15) is 0 Å². The number of allylic oxidation sites excluding steroid dienone is 1. The molecule has 2 rings (SSSR count). The first kappa shape index (κ1) is 13.8. The van der Waals surface area contributed by atoms with Gasteiger partial charge in [-0.05, 0) is 26.3 Å². The van der Waals surface area contributed by atoms with E-state index in [-0.39, 0.29) is 0 Å². The van der Waals surface area contributed by atoms with Gasteiger partial charge >= 0.3 is 0 Å². The molecule has 0 saturated heterocycles. The van der Waals surface area contributed by atoms with Crippen molar-refractivity contribution in [3.8, 4) is 5.88 Å². The van der Waals surface area contributed by atoms with Gasteiger partial charge in [-0.15, -0.1) is 11.3 Å². The average molecular weight is 277 g/mol. The Bertz CT molecular complexity index is 577. The summed E-state index contributed by atoms with van der Waals surface area (Å²) in [6.07, 6.45) is 4.97. The van der Waals surface area contributed by atoms with Crippen LogP contribution >= 0.6 is 11.3 Å². The number of anilines is 1. The van der Waals surface area contributed by atoms with E-state index in [1.807, 2.05) is 19.1 Å². The van der Waals surface area contributed by atoms with Gasteiger partial charge in [-0.2, -0.15) is 4.98 Å². The van der Waals surface area contributed by atoms with Crippen LogP contribution in [0, 0.1) is 6.92 Å². The molecule has 0 aliphatic heterocycles. The number of aromatic nitrogens is 2. The molecule has 0 spiro atoms. The largest absolute Gasteiger partial charge is 0.473 e. The maximum absolute atomic E-state index is 5.72. The SMILES string of the molecule is C/C=C/COc1nc(NCCC)nc2sc(C)cc12. The molecule has 0 saturated carbocycles. The third-order valence-corrected chi connectivity index (χ3v) is 3.51. The lowest BCUT2D eigenvalue weighted by Gasteiger charge is -2.07. The van der Waals surface area contributed by atoms with Crippen LogP contribution < -0.4 is 10.1 Å². The summed E-state index contributed by atoms with van der Waals surface area (Å²) in [5, 5.41) is 4.21. The Morgan fingerprint density at radius 3 is 3.00 bits per heavy atom. The van der Waals surface area contributed by atoms with Crippen LogP contribution in [0.5, 0.6) is 5.88 Å². The van der Waals surface area contributed by atoms with Gasteiger partial charge in [0.15, 0.2) is 0 Å². The van der Waals surface area contributed by atoms with Crippen molar-refractivity contribution >= 4 is 27.5 Å². The summed E-state index contributed by atoms with van der Waals surface area (Å²) < 4.78 is 5.72. The van der Waals surface area contributed by atoms with Crippen LogP contribution in [0.1, 0.15) is 25.1 Å². The van der Waals surface area contributed by atoms with Crippen molar-refractivity contribution in [2.24, 2.45) is 0 Å². The minimum Gasteiger partial charge on any atom is -0.473 e. The van der Waals surface area contributed by atoms with Crippen LogP contribution in [0.3, 0.4) is 0 Å². The Labute approximate surface area is 117 Å². The second-order valence-electron chi connectivity index (χ2n) is 4.24. The first-order chi connectivity index (χ1) is 9.24. The Kier molecular flexibility index (Phi) is 4.74. The Hall–Kier alpha value is -1.62. The van der Waals surface area contributed by atoms with Crippen molar-refractivity contribution < 1.29 is 4.74 Å². The van der Waals surface area contributed by atoms with Gasteiger partial charge < -0.3 is 10.1 Å². The molecule has 2 heterocycles. The van der Waals surface area contributed by atoms with Crippen molar-refractivity contribution in [3.05, 3.63) is 23.1 Å². The van der Waals surface area contributed by atoms with Crippen molar-refractivity contribution in [2.45, 2.75) is 27.2 Å². The molecule has 1 N–H and O–H groups in total. The Morgan fingerprint density at radius 2 is 2.26 bits per heavy atom. The molecule has 0 amide bonds. The van der Waals surface area contributed by atoms with Crippen molar-refractivity contribution in [1.29, 1.82) is 0 Å². The highest BCUT2D eigenvalue weighted by Crippen LogP contribution is 2.30. The van der Waals surface area contributed by atoms with Crippen LogP contribution in [0.15, 0.2) is 18.2 Å². The summed E-state index contributed by atoms with van der Waals surface area (Å²) in [5.74, 6) is 1.30. The lowest BCUT2D eigenvalue weighted by molar-refractivity contribution is 0.353. The molecule has 0 unspecified atom stereocenters. The molecule has 0 fully saturated rings. The standard InChI is InChI=1S/C14H19N3OS/c1-4-6-8-18-12-11-9-10(3)19-13(11)17-14(16-12)15-7-5-2/h4,6,9H,5,7-8H2,1-3H3,(H,15,16,17)/b6-4+. The van der Waals surface area contributed by atoms with Crippen LogP contribution in [-0.4, -0.2) is 23.1 Å². The van der Waals surface area contributed by atoms with Crippen molar-refractivity contribution in [1.82, 2.24) is 9.97 Å². The molecular formula is C14H19N3OS. The van der Waals surface area contributed by atoms with Gasteiger partial charge in [-0.3, -0.25) is 0 Å². The second kappa shape index (κ2) is 6.52. The van der Waals surface area contributed by atoms with Gasteiger partial charge in [0, 0.05) is 11.4 Å². The van der Waals surface area contributed by atoms with E-state index in [1.54, 1.807) is 11.3 Å². The number of fused-ring (bicyclic) bond motifs is 1. The normalized spacial score (nSPS) is 11.3. The molecule has 19 heavy (non-hydrogen) atoms. The molecule has 0 radical (unpaired) electrons. The zero-order chi connectivity index (χ0) is 13.7. The Morgan fingerprint density at radius 1 is 1.42 bits per heavy atom. The van der Waals surface area contributed by atoms with Gasteiger partial charge in [0.25, 0.3) is 0 Å². The molecule has 5 heteroatoms. The van der Waals surface area contributed by atoms with Gasteiger partial charge in [0.05, 0.1) is 5.39 Å². The summed E-state index contributed by atoms with van der Waals surface area (Å²) >= 11 is 1.66. The van der Waals surface area contributed by atoms with E-state index in [0.29, 0.717) is 18.4 Å². The van der Waals surface area contributed by atoms with Crippen molar-refractivity contribution in [3.63, 3.8) is 0 Å². The fraction of sp³-hybridized carbons (Fsp3) is 0.429. The second-order valence-corrected chi connectivity index (χ2v) is 5.47. The smallest absolute Gasteiger partial charge is 0.227 e. The number of nitrogens with zero attached hydrogens (tertiary/aromatic N) is 2. The summed E-state index contributed by atoms with van der Waals surface area (Å²) in [7, 11) is 0. The molecule has 0 aliphatic carbocycles. The van der Waals surface area contributed by atoms with Crippen LogP contribution in [0.4, 0.5) is 5.95 Å². The number of hydrogen-bond donors (Lipinski definition) is 1. The third kappa shape index (κ3) is 3.44. The Balaban J connectivity index is 2.33. The summed E-state index contributed by atoms with van der Waals surface area (Å²) in [4.78, 5) is 11.2. The van der Waals surface area contributed by atoms with Gasteiger partial charge in [0.1, 0.15) is 11.4 Å². The average Bonchev–Trinajstić information content (AvgIpc) is 2.77. The summed E-state index contributed by atoms with van der Waals surface area (Å²) in [6.45, 7) is 7.56. The fourth-order valence-corrected chi connectivity index (χ4v) is 2.54. The van der Waals surface area contributed by atoms with Gasteiger partial charge in [0.2, 0.25) is 11.8 Å². The number of hydrogen-bond acceptors (Lipinski definition) is 5. The minimum atomic E-state index is 0.532. The first-order valence-electron chi connectivity index (χ1n) is 6.50. The maximum atomic E-state index is 5.72. The molecule has 102 valence electrons. The van der Waals surface area contributed by atoms with E-state index >= 15 is 0 Å². The molecule has 2 aromatic rings. The summed E-state index contributed by atoms with van der Waals surface area (Å²) in [6, 6.07) is 2.08. The predicted octanol–water partition coefficient (Wildman–Crippen LogP) is 3.78. The lowest BCUT2D eigenvalue weighted by atomic mass is 10.3. The molecule has 0 aromatic carbocycles. The molecule has 0 atom stereocenters.